The second-order valence-corrected chi connectivity index (χ2v) is 6.52. The summed E-state index contributed by atoms with van der Waals surface area (Å²) >= 11 is 0. The molecule has 0 unspecified atom stereocenters. The lowest BCUT2D eigenvalue weighted by molar-refractivity contribution is 0.0698. The SMILES string of the molecule is COc1nc2cccc(C(=O)O)c2n1Cc1ccc(-c2ccccc2C#N)cc1. The highest BCUT2D eigenvalue weighted by molar-refractivity contribution is 6.01. The molecule has 0 fully saturated rings. The number of para-hydroxylation sites is 1. The third-order valence-corrected chi connectivity index (χ3v) is 4.80. The molecule has 0 aliphatic carbocycles. The first-order chi connectivity index (χ1) is 14.1. The zero-order valence-electron chi connectivity index (χ0n) is 15.7. The fraction of sp³-hybridized carbons (Fsp3) is 0.0870. The molecule has 29 heavy (non-hydrogen) atoms. The Morgan fingerprint density at radius 1 is 1.10 bits per heavy atom. The summed E-state index contributed by atoms with van der Waals surface area (Å²) in [5, 5.41) is 18.9. The van der Waals surface area contributed by atoms with Crippen LogP contribution in [-0.2, 0) is 6.54 Å². The Bertz CT molecular complexity index is 1250. The van der Waals surface area contributed by atoms with Gasteiger partial charge in [0.15, 0.2) is 0 Å². The number of ether oxygens (including phenoxy) is 1. The highest BCUT2D eigenvalue weighted by Crippen LogP contribution is 2.27. The van der Waals surface area contributed by atoms with Crippen LogP contribution in [0.15, 0.2) is 66.7 Å². The van der Waals surface area contributed by atoms with E-state index in [1.165, 1.54) is 7.11 Å². The molecule has 1 heterocycles. The van der Waals surface area contributed by atoms with Gasteiger partial charge in [0, 0.05) is 0 Å². The summed E-state index contributed by atoms with van der Waals surface area (Å²) in [6, 6.07) is 22.8. The molecule has 3 aromatic carbocycles. The van der Waals surface area contributed by atoms with Crippen LogP contribution in [0.2, 0.25) is 0 Å². The molecule has 0 saturated carbocycles. The first-order valence-corrected chi connectivity index (χ1v) is 8.97. The summed E-state index contributed by atoms with van der Waals surface area (Å²) in [6.07, 6.45) is 0. The molecule has 0 radical (unpaired) electrons. The molecule has 142 valence electrons. The van der Waals surface area contributed by atoms with Crippen molar-refractivity contribution in [3.63, 3.8) is 0 Å². The van der Waals surface area contributed by atoms with E-state index in [-0.39, 0.29) is 5.56 Å². The van der Waals surface area contributed by atoms with Gasteiger partial charge in [-0.3, -0.25) is 4.57 Å². The van der Waals surface area contributed by atoms with Gasteiger partial charge in [-0.2, -0.15) is 10.2 Å². The van der Waals surface area contributed by atoms with Crippen molar-refractivity contribution in [1.29, 1.82) is 5.26 Å². The Morgan fingerprint density at radius 2 is 1.86 bits per heavy atom. The average Bonchev–Trinajstić information content (AvgIpc) is 3.11. The van der Waals surface area contributed by atoms with E-state index in [1.807, 2.05) is 42.5 Å². The van der Waals surface area contributed by atoms with E-state index in [0.717, 1.165) is 16.7 Å². The van der Waals surface area contributed by atoms with E-state index >= 15 is 0 Å². The molecule has 4 rings (SSSR count). The van der Waals surface area contributed by atoms with E-state index in [9.17, 15) is 15.2 Å². The fourth-order valence-corrected chi connectivity index (χ4v) is 3.44. The zero-order chi connectivity index (χ0) is 20.4. The lowest BCUT2D eigenvalue weighted by Crippen LogP contribution is -2.06. The maximum atomic E-state index is 11.7. The number of aromatic nitrogens is 2. The van der Waals surface area contributed by atoms with Crippen LogP contribution in [0.4, 0.5) is 0 Å². The smallest absolute Gasteiger partial charge is 0.337 e. The Kier molecular flexibility index (Phi) is 4.71. The van der Waals surface area contributed by atoms with Gasteiger partial charge >= 0.3 is 5.97 Å². The number of aromatic carboxylic acids is 1. The number of hydrogen-bond donors (Lipinski definition) is 1. The number of rotatable bonds is 5. The molecule has 6 heteroatoms. The highest BCUT2D eigenvalue weighted by Gasteiger charge is 2.18. The standard InChI is InChI=1S/C23H17N3O3/c1-29-23-25-20-8-4-7-19(22(27)28)21(20)26(23)14-15-9-11-16(12-10-15)18-6-3-2-5-17(18)13-24/h2-12H,14H2,1H3,(H,27,28). The predicted molar refractivity (Wildman–Crippen MR) is 109 cm³/mol. The van der Waals surface area contributed by atoms with Crippen LogP contribution < -0.4 is 4.74 Å². The van der Waals surface area contributed by atoms with Gasteiger partial charge < -0.3 is 9.84 Å². The number of fused-ring (bicyclic) bond motifs is 1. The van der Waals surface area contributed by atoms with Crippen molar-refractivity contribution in [2.24, 2.45) is 0 Å². The summed E-state index contributed by atoms with van der Waals surface area (Å²) < 4.78 is 7.14. The molecular weight excluding hydrogens is 366 g/mol. The molecule has 0 saturated heterocycles. The van der Waals surface area contributed by atoms with Crippen molar-refractivity contribution in [3.8, 4) is 23.2 Å². The van der Waals surface area contributed by atoms with Crippen molar-refractivity contribution >= 4 is 17.0 Å². The van der Waals surface area contributed by atoms with Gasteiger partial charge in [0.2, 0.25) is 0 Å². The van der Waals surface area contributed by atoms with Gasteiger partial charge in [0.25, 0.3) is 6.01 Å². The van der Waals surface area contributed by atoms with E-state index in [0.29, 0.717) is 29.2 Å². The maximum absolute atomic E-state index is 11.7. The van der Waals surface area contributed by atoms with E-state index < -0.39 is 5.97 Å². The van der Waals surface area contributed by atoms with Gasteiger partial charge in [0.1, 0.15) is 0 Å². The summed E-state index contributed by atoms with van der Waals surface area (Å²) in [5.74, 6) is -1.01. The van der Waals surface area contributed by atoms with E-state index in [4.69, 9.17) is 4.74 Å². The summed E-state index contributed by atoms with van der Waals surface area (Å²) in [4.78, 5) is 16.1. The molecule has 0 amide bonds. The number of carboxylic acids is 1. The number of benzene rings is 3. The highest BCUT2D eigenvalue weighted by atomic mass is 16.5. The number of carboxylic acid groups (broad SMARTS) is 1. The second-order valence-electron chi connectivity index (χ2n) is 6.52. The minimum absolute atomic E-state index is 0.179. The van der Waals surface area contributed by atoms with Gasteiger partial charge in [0.05, 0.1) is 41.9 Å². The summed E-state index contributed by atoms with van der Waals surface area (Å²) in [5.41, 5.74) is 4.67. The number of nitriles is 1. The minimum Gasteiger partial charge on any atom is -0.478 e. The second kappa shape index (κ2) is 7.49. The van der Waals surface area contributed by atoms with Gasteiger partial charge in [-0.05, 0) is 34.9 Å². The number of imidazole rings is 1. The number of hydrogen-bond acceptors (Lipinski definition) is 4. The predicted octanol–water partition coefficient (Wildman–Crippen LogP) is 4.33. The molecule has 4 aromatic rings. The number of methoxy groups -OCH3 is 1. The Hall–Kier alpha value is -4.11. The molecule has 6 nitrogen and oxygen atoms in total. The van der Waals surface area contributed by atoms with Gasteiger partial charge in [-0.15, -0.1) is 0 Å². The zero-order valence-corrected chi connectivity index (χ0v) is 15.7. The molecular formula is C23H17N3O3. The molecule has 1 N–H and O–H groups in total. The van der Waals surface area contributed by atoms with Crippen LogP contribution in [0.5, 0.6) is 6.01 Å². The lowest BCUT2D eigenvalue weighted by atomic mass is 9.99. The summed E-state index contributed by atoms with van der Waals surface area (Å²) in [7, 11) is 1.51. The fourth-order valence-electron chi connectivity index (χ4n) is 3.44. The monoisotopic (exact) mass is 383 g/mol. The first kappa shape index (κ1) is 18.3. The van der Waals surface area contributed by atoms with Crippen LogP contribution in [0.1, 0.15) is 21.5 Å². The maximum Gasteiger partial charge on any atom is 0.337 e. The van der Waals surface area contributed by atoms with Crippen LogP contribution in [0, 0.1) is 11.3 Å². The molecule has 0 atom stereocenters. The van der Waals surface area contributed by atoms with Crippen LogP contribution >= 0.6 is 0 Å². The third-order valence-electron chi connectivity index (χ3n) is 4.80. The van der Waals surface area contributed by atoms with Crippen molar-refractivity contribution in [1.82, 2.24) is 9.55 Å². The lowest BCUT2D eigenvalue weighted by Gasteiger charge is -2.11. The van der Waals surface area contributed by atoms with Crippen molar-refractivity contribution < 1.29 is 14.6 Å². The largest absolute Gasteiger partial charge is 0.478 e. The quantitative estimate of drug-likeness (QED) is 0.554. The Morgan fingerprint density at radius 3 is 2.55 bits per heavy atom. The summed E-state index contributed by atoms with van der Waals surface area (Å²) in [6.45, 7) is 0.407. The molecule has 0 bridgehead atoms. The van der Waals surface area contributed by atoms with Crippen LogP contribution in [0.3, 0.4) is 0 Å². The topological polar surface area (TPSA) is 88.1 Å². The Balaban J connectivity index is 1.74. The van der Waals surface area contributed by atoms with E-state index in [1.54, 1.807) is 28.8 Å². The molecule has 0 spiro atoms. The van der Waals surface area contributed by atoms with Gasteiger partial charge in [-0.25, -0.2) is 4.79 Å². The third kappa shape index (κ3) is 3.30. The minimum atomic E-state index is -1.01. The first-order valence-electron chi connectivity index (χ1n) is 8.97. The normalized spacial score (nSPS) is 10.6. The van der Waals surface area contributed by atoms with Crippen molar-refractivity contribution in [2.45, 2.75) is 6.54 Å². The average molecular weight is 383 g/mol. The number of nitrogens with zero attached hydrogens (tertiary/aromatic N) is 3. The number of carbonyl (C=O) groups is 1. The van der Waals surface area contributed by atoms with Gasteiger partial charge in [-0.1, -0.05) is 48.5 Å². The van der Waals surface area contributed by atoms with Crippen molar-refractivity contribution in [3.05, 3.63) is 83.4 Å². The Labute approximate surface area is 167 Å². The van der Waals surface area contributed by atoms with E-state index in [2.05, 4.69) is 11.1 Å². The van der Waals surface area contributed by atoms with Crippen LogP contribution in [-0.4, -0.2) is 27.7 Å². The molecule has 0 aliphatic rings. The van der Waals surface area contributed by atoms with Crippen LogP contribution in [0.25, 0.3) is 22.2 Å². The molecule has 1 aromatic heterocycles. The molecule has 0 aliphatic heterocycles. The van der Waals surface area contributed by atoms with Crippen molar-refractivity contribution in [2.75, 3.05) is 7.11 Å².